The summed E-state index contributed by atoms with van der Waals surface area (Å²) in [6.07, 6.45) is 4.23. The van der Waals surface area contributed by atoms with E-state index in [9.17, 15) is 9.59 Å². The minimum atomic E-state index is -0.792. The van der Waals surface area contributed by atoms with Gasteiger partial charge < -0.3 is 15.0 Å². The summed E-state index contributed by atoms with van der Waals surface area (Å²) in [6, 6.07) is 18.5. The Morgan fingerprint density at radius 2 is 1.90 bits per heavy atom. The van der Waals surface area contributed by atoms with E-state index in [1.807, 2.05) is 72.4 Å². The number of para-hydroxylation sites is 1. The van der Waals surface area contributed by atoms with Crippen LogP contribution in [-0.4, -0.2) is 29.2 Å². The summed E-state index contributed by atoms with van der Waals surface area (Å²) in [5, 5.41) is 5.72. The Morgan fingerprint density at radius 1 is 1.10 bits per heavy atom. The first-order valence-electron chi connectivity index (χ1n) is 9.83. The van der Waals surface area contributed by atoms with Crippen molar-refractivity contribution in [2.75, 3.05) is 6.26 Å². The first kappa shape index (κ1) is 21.2. The van der Waals surface area contributed by atoms with E-state index in [0.717, 1.165) is 26.9 Å². The summed E-state index contributed by atoms with van der Waals surface area (Å²) in [5.74, 6) is -0.731. The second-order valence-corrected chi connectivity index (χ2v) is 8.85. The molecule has 0 spiro atoms. The Hall–Kier alpha value is -3.03. The summed E-state index contributed by atoms with van der Waals surface area (Å²) in [5.41, 5.74) is 2.85. The zero-order valence-electron chi connectivity index (χ0n) is 17.0. The number of thioether (sulfide) groups is 1. The van der Waals surface area contributed by atoms with Gasteiger partial charge in [0.1, 0.15) is 12.6 Å². The third-order valence-electron chi connectivity index (χ3n) is 4.97. The molecule has 1 atom stereocenters. The number of aromatic amines is 1. The van der Waals surface area contributed by atoms with Crippen LogP contribution in [0.4, 0.5) is 0 Å². The number of amides is 1. The molecular weight excluding hydrogens is 428 g/mol. The van der Waals surface area contributed by atoms with Crippen molar-refractivity contribution in [2.45, 2.75) is 24.0 Å². The van der Waals surface area contributed by atoms with Crippen molar-refractivity contribution in [1.82, 2.24) is 10.3 Å². The summed E-state index contributed by atoms with van der Waals surface area (Å²) >= 11 is 2.99. The van der Waals surface area contributed by atoms with Gasteiger partial charge >= 0.3 is 5.97 Å². The van der Waals surface area contributed by atoms with E-state index in [2.05, 4.69) is 10.3 Å². The van der Waals surface area contributed by atoms with Gasteiger partial charge in [-0.05, 0) is 47.0 Å². The molecule has 4 aromatic rings. The molecule has 158 valence electrons. The zero-order chi connectivity index (χ0) is 21.6. The molecule has 2 aromatic heterocycles. The maximum atomic E-state index is 13.0. The maximum absolute atomic E-state index is 13.0. The maximum Gasteiger partial charge on any atom is 0.329 e. The molecular formula is C24H22N2O3S2. The standard InChI is InChI=1S/C24H22N2O3S2/c1-30-18-10-8-16(9-11-18)15-29-24(28)21(26-23(27)22-7-4-12-31-22)13-17-14-25-20-6-3-2-5-19(17)20/h2-12,14,21,25H,13,15H2,1H3,(H,26,27)/t21-/m0/s1. The first-order chi connectivity index (χ1) is 15.1. The Balaban J connectivity index is 1.50. The highest BCUT2D eigenvalue weighted by molar-refractivity contribution is 7.98. The van der Waals surface area contributed by atoms with Crippen LogP contribution in [0, 0.1) is 0 Å². The van der Waals surface area contributed by atoms with E-state index in [0.29, 0.717) is 11.3 Å². The summed E-state index contributed by atoms with van der Waals surface area (Å²) in [4.78, 5) is 30.5. The molecule has 0 aliphatic carbocycles. The monoisotopic (exact) mass is 450 g/mol. The minimum absolute atomic E-state index is 0.159. The Morgan fingerprint density at radius 3 is 2.65 bits per heavy atom. The van der Waals surface area contributed by atoms with Crippen LogP contribution in [0.1, 0.15) is 20.8 Å². The third kappa shape index (κ3) is 5.18. The van der Waals surface area contributed by atoms with Crippen molar-refractivity contribution in [3.8, 4) is 0 Å². The number of esters is 1. The number of ether oxygens (including phenoxy) is 1. The number of benzene rings is 2. The van der Waals surface area contributed by atoms with Crippen LogP contribution in [0.3, 0.4) is 0 Å². The van der Waals surface area contributed by atoms with Crippen LogP contribution in [0.15, 0.2) is 77.1 Å². The van der Waals surface area contributed by atoms with Crippen LogP contribution in [0.5, 0.6) is 0 Å². The van der Waals surface area contributed by atoms with Gasteiger partial charge in [0, 0.05) is 28.4 Å². The molecule has 0 bridgehead atoms. The predicted octanol–water partition coefficient (Wildman–Crippen LogP) is 5.04. The Kier molecular flexibility index (Phi) is 6.74. The summed E-state index contributed by atoms with van der Waals surface area (Å²) in [6.45, 7) is 0.159. The second kappa shape index (κ2) is 9.85. The van der Waals surface area contributed by atoms with Crippen LogP contribution >= 0.6 is 23.1 Å². The topological polar surface area (TPSA) is 71.2 Å². The molecule has 0 aliphatic heterocycles. The quantitative estimate of drug-likeness (QED) is 0.292. The van der Waals surface area contributed by atoms with Gasteiger partial charge in [0.25, 0.3) is 5.91 Å². The number of carbonyl (C=O) groups excluding carboxylic acids is 2. The number of H-pyrrole nitrogens is 1. The van der Waals surface area contributed by atoms with Crippen molar-refractivity contribution in [2.24, 2.45) is 0 Å². The fourth-order valence-corrected chi connectivity index (χ4v) is 4.36. The predicted molar refractivity (Wildman–Crippen MR) is 126 cm³/mol. The lowest BCUT2D eigenvalue weighted by atomic mass is 10.0. The number of thiophene rings is 1. The van der Waals surface area contributed by atoms with Crippen molar-refractivity contribution in [3.63, 3.8) is 0 Å². The average Bonchev–Trinajstić information content (AvgIpc) is 3.48. The van der Waals surface area contributed by atoms with Gasteiger partial charge in [-0.3, -0.25) is 4.79 Å². The van der Waals surface area contributed by atoms with E-state index in [1.165, 1.54) is 11.3 Å². The van der Waals surface area contributed by atoms with Gasteiger partial charge in [0.05, 0.1) is 4.88 Å². The molecule has 7 heteroatoms. The molecule has 1 amide bonds. The van der Waals surface area contributed by atoms with Gasteiger partial charge in [-0.1, -0.05) is 36.4 Å². The molecule has 5 nitrogen and oxygen atoms in total. The second-order valence-electron chi connectivity index (χ2n) is 7.02. The zero-order valence-corrected chi connectivity index (χ0v) is 18.6. The lowest BCUT2D eigenvalue weighted by Crippen LogP contribution is -2.43. The molecule has 0 saturated carbocycles. The van der Waals surface area contributed by atoms with Crippen molar-refractivity contribution >= 4 is 45.9 Å². The number of carbonyl (C=O) groups is 2. The Labute approximate surface area is 188 Å². The summed E-state index contributed by atoms with van der Waals surface area (Å²) < 4.78 is 5.58. The van der Waals surface area contributed by atoms with E-state index in [1.54, 1.807) is 17.8 Å². The van der Waals surface area contributed by atoms with Gasteiger partial charge in [-0.2, -0.15) is 0 Å². The average molecular weight is 451 g/mol. The number of rotatable bonds is 8. The van der Waals surface area contributed by atoms with Gasteiger partial charge in [-0.15, -0.1) is 23.1 Å². The van der Waals surface area contributed by atoms with Crippen LogP contribution < -0.4 is 5.32 Å². The molecule has 0 aliphatic rings. The smallest absolute Gasteiger partial charge is 0.329 e. The van der Waals surface area contributed by atoms with E-state index in [-0.39, 0.29) is 12.5 Å². The minimum Gasteiger partial charge on any atom is -0.459 e. The molecule has 4 rings (SSSR count). The molecule has 2 aromatic carbocycles. The van der Waals surface area contributed by atoms with Gasteiger partial charge in [0.15, 0.2) is 0 Å². The van der Waals surface area contributed by atoms with Crippen LogP contribution in [-0.2, 0) is 22.6 Å². The highest BCUT2D eigenvalue weighted by atomic mass is 32.2. The number of nitrogens with one attached hydrogen (secondary N) is 2. The first-order valence-corrected chi connectivity index (χ1v) is 11.9. The van der Waals surface area contributed by atoms with E-state index < -0.39 is 12.0 Å². The fourth-order valence-electron chi connectivity index (χ4n) is 3.33. The fraction of sp³-hybridized carbons (Fsp3) is 0.167. The highest BCUT2D eigenvalue weighted by Gasteiger charge is 2.25. The van der Waals surface area contributed by atoms with Gasteiger partial charge in [-0.25, -0.2) is 4.79 Å². The van der Waals surface area contributed by atoms with Gasteiger partial charge in [0.2, 0.25) is 0 Å². The molecule has 0 unspecified atom stereocenters. The van der Waals surface area contributed by atoms with Crippen molar-refractivity contribution in [3.05, 3.63) is 88.2 Å². The van der Waals surface area contributed by atoms with E-state index >= 15 is 0 Å². The van der Waals surface area contributed by atoms with Crippen LogP contribution in [0.25, 0.3) is 10.9 Å². The number of aromatic nitrogens is 1. The number of hydrogen-bond acceptors (Lipinski definition) is 5. The van der Waals surface area contributed by atoms with Crippen LogP contribution in [0.2, 0.25) is 0 Å². The number of hydrogen-bond donors (Lipinski definition) is 2. The molecule has 0 saturated heterocycles. The molecule has 0 fully saturated rings. The summed E-state index contributed by atoms with van der Waals surface area (Å²) in [7, 11) is 0. The van der Waals surface area contributed by atoms with Crippen molar-refractivity contribution in [1.29, 1.82) is 0 Å². The largest absolute Gasteiger partial charge is 0.459 e. The Bertz CT molecular complexity index is 1170. The third-order valence-corrected chi connectivity index (χ3v) is 6.59. The van der Waals surface area contributed by atoms with Crippen molar-refractivity contribution < 1.29 is 14.3 Å². The normalized spacial score (nSPS) is 11.9. The molecule has 31 heavy (non-hydrogen) atoms. The molecule has 2 heterocycles. The lowest BCUT2D eigenvalue weighted by Gasteiger charge is -2.17. The molecule has 0 radical (unpaired) electrons. The molecule has 2 N–H and O–H groups in total. The highest BCUT2D eigenvalue weighted by Crippen LogP contribution is 2.20. The van der Waals surface area contributed by atoms with E-state index in [4.69, 9.17) is 4.74 Å². The lowest BCUT2D eigenvalue weighted by molar-refractivity contribution is -0.147. The number of fused-ring (bicyclic) bond motifs is 1. The SMILES string of the molecule is CSc1ccc(COC(=O)[C@H](Cc2c[nH]c3ccccc23)NC(=O)c2cccs2)cc1.